The fourth-order valence-corrected chi connectivity index (χ4v) is 4.34. The minimum absolute atomic E-state index is 0.118. The monoisotopic (exact) mass is 379 g/mol. The van der Waals surface area contributed by atoms with Crippen molar-refractivity contribution in [1.29, 1.82) is 0 Å². The van der Waals surface area contributed by atoms with Crippen LogP contribution in [0.4, 0.5) is 4.39 Å². The Balaban J connectivity index is 1.47. The highest BCUT2D eigenvalue weighted by Crippen LogP contribution is 2.44. The molecule has 0 radical (unpaired) electrons. The van der Waals surface area contributed by atoms with Crippen molar-refractivity contribution in [3.63, 3.8) is 0 Å². The largest absolute Gasteiger partial charge is 0.495 e. The highest BCUT2D eigenvalue weighted by Gasteiger charge is 2.32. The van der Waals surface area contributed by atoms with Gasteiger partial charge in [0.2, 0.25) is 10.0 Å². The zero-order chi connectivity index (χ0) is 18.3. The van der Waals surface area contributed by atoms with Gasteiger partial charge in [-0.2, -0.15) is 5.10 Å². The van der Waals surface area contributed by atoms with E-state index in [1.54, 1.807) is 0 Å². The number of rotatable bonds is 8. The van der Waals surface area contributed by atoms with Crippen LogP contribution >= 0.6 is 0 Å². The number of sulfonamides is 1. The van der Waals surface area contributed by atoms with Gasteiger partial charge in [0.25, 0.3) is 0 Å². The molecule has 1 N–H and O–H groups in total. The van der Waals surface area contributed by atoms with Gasteiger partial charge >= 0.3 is 0 Å². The van der Waals surface area contributed by atoms with Crippen LogP contribution in [0.2, 0.25) is 0 Å². The molecular weight excluding hydrogens is 357 g/mol. The van der Waals surface area contributed by atoms with E-state index in [1.165, 1.54) is 50.6 Å². The van der Waals surface area contributed by atoms with Gasteiger partial charge in [-0.25, -0.2) is 17.5 Å². The van der Waals surface area contributed by atoms with Gasteiger partial charge in [0.15, 0.2) is 0 Å². The molecule has 2 aromatic rings. The first-order valence-electron chi connectivity index (χ1n) is 8.89. The van der Waals surface area contributed by atoms with E-state index in [9.17, 15) is 12.8 Å². The first-order chi connectivity index (χ1) is 12.5. The fourth-order valence-electron chi connectivity index (χ4n) is 3.14. The minimum atomic E-state index is -3.87. The molecule has 0 amide bonds. The number of halogens is 1. The van der Waals surface area contributed by atoms with Crippen molar-refractivity contribution < 1.29 is 17.5 Å². The smallest absolute Gasteiger partial charge is 0.244 e. The number of nitrogens with zero attached hydrogens (tertiary/aromatic N) is 2. The van der Waals surface area contributed by atoms with E-state index >= 15 is 0 Å². The number of hydrogen-bond acceptors (Lipinski definition) is 4. The topological polar surface area (TPSA) is 73.2 Å². The van der Waals surface area contributed by atoms with Crippen LogP contribution in [0.5, 0.6) is 5.75 Å². The van der Waals surface area contributed by atoms with Gasteiger partial charge < -0.3 is 4.74 Å². The molecule has 1 heterocycles. The summed E-state index contributed by atoms with van der Waals surface area (Å²) < 4.78 is 48.0. The van der Waals surface area contributed by atoms with Crippen LogP contribution in [0, 0.1) is 5.82 Å². The Morgan fingerprint density at radius 3 is 2.62 bits per heavy atom. The number of benzene rings is 1. The quantitative estimate of drug-likeness (QED) is 0.765. The lowest BCUT2D eigenvalue weighted by Crippen LogP contribution is -2.28. The van der Waals surface area contributed by atoms with E-state index in [-0.39, 0.29) is 17.2 Å². The van der Waals surface area contributed by atoms with Crippen LogP contribution in [0.15, 0.2) is 29.2 Å². The zero-order valence-corrected chi connectivity index (χ0v) is 15.4. The predicted octanol–water partition coefficient (Wildman–Crippen LogP) is 2.76. The average molecular weight is 379 g/mol. The lowest BCUT2D eigenvalue weighted by Gasteiger charge is -2.12. The highest BCUT2D eigenvalue weighted by atomic mass is 32.2. The molecule has 0 aliphatic heterocycles. The predicted molar refractivity (Wildman–Crippen MR) is 94.3 cm³/mol. The van der Waals surface area contributed by atoms with Gasteiger partial charge in [0.05, 0.1) is 19.3 Å². The van der Waals surface area contributed by atoms with Gasteiger partial charge in [0, 0.05) is 24.1 Å². The maximum absolute atomic E-state index is 13.5. The number of methoxy groups -OCH3 is 1. The molecule has 140 valence electrons. The maximum Gasteiger partial charge on any atom is 0.244 e. The molecule has 2 aliphatic carbocycles. The van der Waals surface area contributed by atoms with Crippen LogP contribution in [0.1, 0.15) is 48.9 Å². The average Bonchev–Trinajstić information content (AvgIpc) is 3.53. The lowest BCUT2D eigenvalue weighted by atomic mass is 10.2. The van der Waals surface area contributed by atoms with E-state index in [2.05, 4.69) is 15.9 Å². The summed E-state index contributed by atoms with van der Waals surface area (Å²) in [6.45, 7) is 0.642. The summed E-state index contributed by atoms with van der Waals surface area (Å²) in [6, 6.07) is 5.63. The second-order valence-electron chi connectivity index (χ2n) is 6.96. The van der Waals surface area contributed by atoms with Gasteiger partial charge in [-0.1, -0.05) is 0 Å². The van der Waals surface area contributed by atoms with E-state index in [0.717, 1.165) is 11.8 Å². The molecule has 0 bridgehead atoms. The van der Waals surface area contributed by atoms with Crippen LogP contribution in [0.3, 0.4) is 0 Å². The van der Waals surface area contributed by atoms with Crippen molar-refractivity contribution in [3.05, 3.63) is 41.5 Å². The van der Waals surface area contributed by atoms with Gasteiger partial charge in [-0.3, -0.25) is 4.68 Å². The third-order valence-corrected chi connectivity index (χ3v) is 6.33. The summed E-state index contributed by atoms with van der Waals surface area (Å²) >= 11 is 0. The standard InChI is InChI=1S/C18H22FN3O3S/c1-25-17-7-6-14(19)10-18(17)26(23,24)20-8-9-22-16(13-4-5-13)11-15(21-22)12-2-3-12/h6-7,10-13,20H,2-5,8-9H2,1H3. The maximum atomic E-state index is 13.5. The molecule has 26 heavy (non-hydrogen) atoms. The third kappa shape index (κ3) is 3.61. The Labute approximate surface area is 152 Å². The molecule has 0 unspecified atom stereocenters. The number of nitrogens with one attached hydrogen (secondary N) is 1. The molecule has 1 aromatic heterocycles. The van der Waals surface area contributed by atoms with Crippen LogP contribution in [-0.2, 0) is 16.6 Å². The molecule has 1 aromatic carbocycles. The number of hydrogen-bond donors (Lipinski definition) is 1. The third-order valence-electron chi connectivity index (χ3n) is 4.85. The summed E-state index contributed by atoms with van der Waals surface area (Å²) in [4.78, 5) is -0.193. The molecule has 0 atom stereocenters. The van der Waals surface area contributed by atoms with Crippen LogP contribution in [0.25, 0.3) is 0 Å². The lowest BCUT2D eigenvalue weighted by molar-refractivity contribution is 0.400. The molecule has 4 rings (SSSR count). The van der Waals surface area contributed by atoms with Crippen molar-refractivity contribution in [3.8, 4) is 5.75 Å². The Kier molecular flexibility index (Phi) is 4.48. The van der Waals surface area contributed by atoms with E-state index in [4.69, 9.17) is 4.74 Å². The summed E-state index contributed by atoms with van der Waals surface area (Å²) in [5.41, 5.74) is 2.33. The normalized spacial score (nSPS) is 17.5. The van der Waals surface area contributed by atoms with E-state index < -0.39 is 15.8 Å². The molecule has 2 fully saturated rings. The molecule has 6 nitrogen and oxygen atoms in total. The summed E-state index contributed by atoms with van der Waals surface area (Å²) in [5.74, 6) is 0.618. The van der Waals surface area contributed by atoms with Gasteiger partial charge in [-0.05, 0) is 49.9 Å². The highest BCUT2D eigenvalue weighted by molar-refractivity contribution is 7.89. The molecule has 0 spiro atoms. The van der Waals surface area contributed by atoms with Crippen molar-refractivity contribution >= 4 is 10.0 Å². The molecular formula is C18H22FN3O3S. The Morgan fingerprint density at radius 2 is 1.96 bits per heavy atom. The SMILES string of the molecule is COc1ccc(F)cc1S(=O)(=O)NCCn1nc(C2CC2)cc1C1CC1. The Hall–Kier alpha value is -1.93. The van der Waals surface area contributed by atoms with Crippen molar-refractivity contribution in [2.75, 3.05) is 13.7 Å². The van der Waals surface area contributed by atoms with Gasteiger partial charge in [-0.15, -0.1) is 0 Å². The van der Waals surface area contributed by atoms with Crippen molar-refractivity contribution in [2.24, 2.45) is 0 Å². The molecule has 2 saturated carbocycles. The fraction of sp³-hybridized carbons (Fsp3) is 0.500. The molecule has 0 saturated heterocycles. The summed E-state index contributed by atoms with van der Waals surface area (Å²) in [7, 11) is -2.51. The molecule has 8 heteroatoms. The first kappa shape index (κ1) is 17.5. The summed E-state index contributed by atoms with van der Waals surface area (Å²) in [5, 5.41) is 4.67. The van der Waals surface area contributed by atoms with Crippen molar-refractivity contribution in [1.82, 2.24) is 14.5 Å². The Morgan fingerprint density at radius 1 is 1.23 bits per heavy atom. The van der Waals surface area contributed by atoms with E-state index in [1.807, 2.05) is 4.68 Å². The Bertz CT molecular complexity index is 918. The first-order valence-corrected chi connectivity index (χ1v) is 10.4. The number of ether oxygens (including phenoxy) is 1. The van der Waals surface area contributed by atoms with Crippen LogP contribution in [-0.4, -0.2) is 31.9 Å². The van der Waals surface area contributed by atoms with Gasteiger partial charge in [0.1, 0.15) is 16.5 Å². The zero-order valence-electron chi connectivity index (χ0n) is 14.6. The minimum Gasteiger partial charge on any atom is -0.495 e. The molecule has 2 aliphatic rings. The van der Waals surface area contributed by atoms with Crippen molar-refractivity contribution in [2.45, 2.75) is 49.0 Å². The summed E-state index contributed by atoms with van der Waals surface area (Å²) in [6.07, 6.45) is 4.71. The van der Waals surface area contributed by atoms with Crippen LogP contribution < -0.4 is 9.46 Å². The second kappa shape index (κ2) is 6.66. The van der Waals surface area contributed by atoms with E-state index in [0.29, 0.717) is 18.4 Å². The number of aromatic nitrogens is 2. The second-order valence-corrected chi connectivity index (χ2v) is 8.69.